The molecule has 0 fully saturated rings. The summed E-state index contributed by atoms with van der Waals surface area (Å²) in [5.74, 6) is -0.868. The minimum Gasteiger partial charge on any atom is -0.378 e. The number of nitrogens with one attached hydrogen (secondary N) is 1. The Morgan fingerprint density at radius 3 is 1.94 bits per heavy atom. The highest BCUT2D eigenvalue weighted by atomic mass is 35.5. The number of carbonyl (C=O) groups is 1. The topological polar surface area (TPSA) is 69.7 Å². The maximum absolute atomic E-state index is 13.3. The summed E-state index contributed by atoms with van der Waals surface area (Å²) in [5, 5.41) is 2.90. The molecule has 1 N–H and O–H groups in total. The molecular formula is C27H29ClFN3O3S. The van der Waals surface area contributed by atoms with Gasteiger partial charge in [-0.1, -0.05) is 54.1 Å². The van der Waals surface area contributed by atoms with Crippen molar-refractivity contribution in [1.29, 1.82) is 0 Å². The van der Waals surface area contributed by atoms with Gasteiger partial charge in [0.1, 0.15) is 5.82 Å². The average Bonchev–Trinajstić information content (AvgIpc) is 2.87. The fraction of sp³-hybridized carbons (Fsp3) is 0.222. The van der Waals surface area contributed by atoms with Gasteiger partial charge in [-0.3, -0.25) is 4.79 Å². The monoisotopic (exact) mass is 529 g/mol. The number of benzene rings is 3. The number of carbonyl (C=O) groups excluding carboxylic acids is 1. The van der Waals surface area contributed by atoms with Crippen LogP contribution in [0.3, 0.4) is 0 Å². The second-order valence-corrected chi connectivity index (χ2v) is 10.7. The molecule has 9 heteroatoms. The maximum atomic E-state index is 13.3. The van der Waals surface area contributed by atoms with Crippen LogP contribution in [0.1, 0.15) is 27.0 Å². The van der Waals surface area contributed by atoms with Gasteiger partial charge in [0.15, 0.2) is 0 Å². The fourth-order valence-electron chi connectivity index (χ4n) is 3.47. The number of hydrogen-bond acceptors (Lipinski definition) is 4. The predicted octanol–water partition coefficient (Wildman–Crippen LogP) is 4.91. The molecule has 0 aliphatic carbocycles. The van der Waals surface area contributed by atoms with E-state index in [1.165, 1.54) is 22.5 Å². The lowest BCUT2D eigenvalue weighted by molar-refractivity contribution is 0.0951. The summed E-state index contributed by atoms with van der Waals surface area (Å²) in [6.45, 7) is 0.565. The highest BCUT2D eigenvalue weighted by molar-refractivity contribution is 7.89. The van der Waals surface area contributed by atoms with Crippen molar-refractivity contribution in [3.05, 3.63) is 112 Å². The van der Waals surface area contributed by atoms with Gasteiger partial charge in [-0.2, -0.15) is 4.31 Å². The summed E-state index contributed by atoms with van der Waals surface area (Å²) in [4.78, 5) is 14.6. The van der Waals surface area contributed by atoms with Gasteiger partial charge < -0.3 is 10.2 Å². The first-order chi connectivity index (χ1) is 17.2. The second kappa shape index (κ2) is 12.7. The molecule has 0 saturated heterocycles. The second-order valence-electron chi connectivity index (χ2n) is 8.48. The summed E-state index contributed by atoms with van der Waals surface area (Å²) in [6.07, 6.45) is 1.36. The molecule has 0 aromatic heterocycles. The van der Waals surface area contributed by atoms with Gasteiger partial charge in [0.25, 0.3) is 5.91 Å². The van der Waals surface area contributed by atoms with Gasteiger partial charge in [-0.25, -0.2) is 12.8 Å². The lowest BCUT2D eigenvalue weighted by atomic mass is 10.1. The fourth-order valence-corrected chi connectivity index (χ4v) is 4.91. The number of nitrogens with zero attached hydrogens (tertiary/aromatic N) is 2. The van der Waals surface area contributed by atoms with Crippen LogP contribution in [0.2, 0.25) is 0 Å². The highest BCUT2D eigenvalue weighted by Gasteiger charge is 2.22. The first-order valence-corrected chi connectivity index (χ1v) is 13.3. The summed E-state index contributed by atoms with van der Waals surface area (Å²) in [7, 11) is 0.255. The zero-order valence-corrected chi connectivity index (χ0v) is 21.8. The highest BCUT2D eigenvalue weighted by Crippen LogP contribution is 2.17. The molecule has 3 aromatic rings. The Morgan fingerprint density at radius 1 is 0.889 bits per heavy atom. The molecule has 0 heterocycles. The minimum atomic E-state index is -3.68. The Hall–Kier alpha value is -3.20. The SMILES string of the molecule is CN(C)c1ccc(CNC(=O)c2ccc(CN(Cc3ccc(F)cc3)S(=O)(=O)C/C=C/Cl)cc2)cc1. The quantitative estimate of drug-likeness (QED) is 0.383. The van der Waals surface area contributed by atoms with Gasteiger partial charge in [-0.15, -0.1) is 0 Å². The summed E-state index contributed by atoms with van der Waals surface area (Å²) < 4.78 is 40.4. The summed E-state index contributed by atoms with van der Waals surface area (Å²) >= 11 is 5.54. The van der Waals surface area contributed by atoms with E-state index in [-0.39, 0.29) is 24.7 Å². The molecule has 0 atom stereocenters. The first-order valence-electron chi connectivity index (χ1n) is 11.3. The molecule has 6 nitrogen and oxygen atoms in total. The van der Waals surface area contributed by atoms with E-state index in [0.29, 0.717) is 23.2 Å². The van der Waals surface area contributed by atoms with Crippen LogP contribution in [0, 0.1) is 5.82 Å². The number of hydrogen-bond donors (Lipinski definition) is 1. The number of rotatable bonds is 11. The Kier molecular flexibility index (Phi) is 9.64. The average molecular weight is 530 g/mol. The largest absolute Gasteiger partial charge is 0.378 e. The standard InChI is InChI=1S/C27H29ClFN3O3S/c1-31(2)26-14-8-21(9-15-26)18-30-27(33)24-10-4-22(5-11-24)19-32(36(34,35)17-3-16-28)20-23-6-12-25(29)13-7-23/h3-16H,17-20H2,1-2H3,(H,30,33)/b16-3+. The third-order valence-corrected chi connectivity index (χ3v) is 7.38. The van der Waals surface area contributed by atoms with Crippen LogP contribution in [0.5, 0.6) is 0 Å². The van der Waals surface area contributed by atoms with Crippen molar-refractivity contribution >= 4 is 33.2 Å². The smallest absolute Gasteiger partial charge is 0.251 e. The molecule has 0 aliphatic rings. The van der Waals surface area contributed by atoms with E-state index in [0.717, 1.165) is 16.8 Å². The Bertz CT molecular complexity index is 1280. The molecule has 0 radical (unpaired) electrons. The zero-order valence-electron chi connectivity index (χ0n) is 20.2. The van der Waals surface area contributed by atoms with E-state index in [9.17, 15) is 17.6 Å². The van der Waals surface area contributed by atoms with E-state index in [4.69, 9.17) is 11.6 Å². The minimum absolute atomic E-state index is 0.0770. The normalized spacial score (nSPS) is 11.7. The number of sulfonamides is 1. The van der Waals surface area contributed by atoms with Crippen LogP contribution in [0.4, 0.5) is 10.1 Å². The first kappa shape index (κ1) is 27.4. The van der Waals surface area contributed by atoms with Crippen molar-refractivity contribution in [3.63, 3.8) is 0 Å². The van der Waals surface area contributed by atoms with E-state index in [1.807, 2.05) is 43.3 Å². The Balaban J connectivity index is 1.67. The summed E-state index contributed by atoms with van der Waals surface area (Å²) in [5.41, 5.74) is 5.07. The molecule has 0 saturated carbocycles. The number of amides is 1. The zero-order chi connectivity index (χ0) is 26.1. The maximum Gasteiger partial charge on any atom is 0.251 e. The van der Waals surface area contributed by atoms with E-state index < -0.39 is 15.8 Å². The molecule has 190 valence electrons. The van der Waals surface area contributed by atoms with Gasteiger partial charge in [0, 0.05) is 50.5 Å². The van der Waals surface area contributed by atoms with Crippen molar-refractivity contribution in [2.75, 3.05) is 24.7 Å². The number of halogens is 2. The van der Waals surface area contributed by atoms with Gasteiger partial charge in [0.05, 0.1) is 5.75 Å². The van der Waals surface area contributed by atoms with Crippen LogP contribution < -0.4 is 10.2 Å². The lowest BCUT2D eigenvalue weighted by Crippen LogP contribution is -2.31. The molecule has 36 heavy (non-hydrogen) atoms. The molecule has 1 amide bonds. The molecule has 3 aromatic carbocycles. The molecule has 0 unspecified atom stereocenters. The van der Waals surface area contributed by atoms with Crippen molar-refractivity contribution in [3.8, 4) is 0 Å². The molecule has 0 aliphatic heterocycles. The van der Waals surface area contributed by atoms with Crippen molar-refractivity contribution < 1.29 is 17.6 Å². The molecular weight excluding hydrogens is 501 g/mol. The van der Waals surface area contributed by atoms with Crippen LogP contribution in [-0.2, 0) is 29.7 Å². The van der Waals surface area contributed by atoms with Crippen LogP contribution in [0.15, 0.2) is 84.4 Å². The van der Waals surface area contributed by atoms with E-state index in [2.05, 4.69) is 5.32 Å². The van der Waals surface area contributed by atoms with Gasteiger partial charge in [-0.05, 0) is 53.1 Å². The lowest BCUT2D eigenvalue weighted by Gasteiger charge is -2.22. The number of anilines is 1. The third kappa shape index (κ3) is 7.91. The molecule has 0 bridgehead atoms. The van der Waals surface area contributed by atoms with Crippen molar-refractivity contribution in [2.45, 2.75) is 19.6 Å². The van der Waals surface area contributed by atoms with Crippen molar-refractivity contribution in [2.24, 2.45) is 0 Å². The van der Waals surface area contributed by atoms with Gasteiger partial charge >= 0.3 is 0 Å². The van der Waals surface area contributed by atoms with Crippen LogP contribution in [0.25, 0.3) is 0 Å². The van der Waals surface area contributed by atoms with E-state index in [1.54, 1.807) is 36.4 Å². The Labute approximate surface area is 217 Å². The predicted molar refractivity (Wildman–Crippen MR) is 143 cm³/mol. The van der Waals surface area contributed by atoms with Crippen LogP contribution in [-0.4, -0.2) is 38.5 Å². The Morgan fingerprint density at radius 2 is 1.42 bits per heavy atom. The molecule has 3 rings (SSSR count). The third-order valence-electron chi connectivity index (χ3n) is 5.54. The summed E-state index contributed by atoms with van der Waals surface area (Å²) in [6, 6.07) is 20.4. The van der Waals surface area contributed by atoms with Crippen LogP contribution >= 0.6 is 11.6 Å². The van der Waals surface area contributed by atoms with Crippen molar-refractivity contribution in [1.82, 2.24) is 9.62 Å². The van der Waals surface area contributed by atoms with E-state index >= 15 is 0 Å². The molecule has 0 spiro atoms. The van der Waals surface area contributed by atoms with Gasteiger partial charge in [0.2, 0.25) is 10.0 Å².